The molecule has 2 rings (SSSR count). The fraction of sp³-hybridized carbons (Fsp3) is 0.476. The largest absolute Gasteiger partial charge is 0.147 e. The molecule has 0 saturated heterocycles. The van der Waals surface area contributed by atoms with Gasteiger partial charge in [-0.05, 0) is 0 Å². The van der Waals surface area contributed by atoms with Crippen LogP contribution < -0.4 is 8.51 Å². The van der Waals surface area contributed by atoms with E-state index in [9.17, 15) is 0 Å². The molecule has 26 heavy (non-hydrogen) atoms. The molecule has 0 unspecified atom stereocenters. The summed E-state index contributed by atoms with van der Waals surface area (Å²) >= 11 is -1.84. The molecule has 1 aromatic rings. The van der Waals surface area contributed by atoms with Gasteiger partial charge in [0.2, 0.25) is 0 Å². The van der Waals surface area contributed by atoms with Crippen molar-refractivity contribution < 1.29 is 21.1 Å². The fourth-order valence-corrected chi connectivity index (χ4v) is 8.90. The van der Waals surface area contributed by atoms with E-state index >= 15 is 0 Å². The normalized spacial score (nSPS) is 13.0. The molecule has 1 aliphatic rings. The molecule has 1 nitrogen and oxygen atoms in total. The molecule has 146 valence electrons. The maximum absolute atomic E-state index is 6.85. The van der Waals surface area contributed by atoms with Crippen molar-refractivity contribution in [2.24, 2.45) is 0 Å². The van der Waals surface area contributed by atoms with Gasteiger partial charge in [-0.15, -0.1) is 24.8 Å². The van der Waals surface area contributed by atoms with Gasteiger partial charge >= 0.3 is 158 Å². The standard InChI is InChI=1S/C13H22OSi.C5H5.C3H6.2ClH.Ti/c1-7-8(2)10(13(4,5)6)12(15)11(14)9(7)3;1-2-4-5-3-1;1-3-2;;;/h14H,1-6,15H3;1-3H,4H2;1-2H3;2*1H;/q;;;;;+1/p-1. The van der Waals surface area contributed by atoms with Gasteiger partial charge in [0.05, 0.1) is 0 Å². The van der Waals surface area contributed by atoms with E-state index in [1.54, 1.807) is 0 Å². The molecule has 5 heteroatoms. The van der Waals surface area contributed by atoms with Gasteiger partial charge in [0.1, 0.15) is 0 Å². The van der Waals surface area contributed by atoms with Crippen LogP contribution >= 0.6 is 24.8 Å². The number of hydrogen-bond acceptors (Lipinski definition) is 1. The Labute approximate surface area is 181 Å². The summed E-state index contributed by atoms with van der Waals surface area (Å²) in [5.41, 5.74) is 5.88. The predicted octanol–water partition coefficient (Wildman–Crippen LogP) is 4.71. The molecular weight excluding hydrogens is 415 g/mol. The van der Waals surface area contributed by atoms with Crippen LogP contribution in [0.15, 0.2) is 22.1 Å². The smallest absolute Gasteiger partial charge is 0.147 e. The molecule has 0 atom stereocenters. The molecule has 0 fully saturated rings. The molecule has 1 aromatic carbocycles. The summed E-state index contributed by atoms with van der Waals surface area (Å²) in [6.45, 7) is 18.3. The average Bonchev–Trinajstić information content (AvgIpc) is 2.97. The van der Waals surface area contributed by atoms with Gasteiger partial charge in [0.15, 0.2) is 0 Å². The monoisotopic (exact) mass is 448 g/mol. The van der Waals surface area contributed by atoms with Crippen molar-refractivity contribution in [3.05, 3.63) is 44.4 Å². The number of benzene rings is 1. The van der Waals surface area contributed by atoms with Crippen molar-refractivity contribution in [1.29, 1.82) is 0 Å². The Bertz CT molecular complexity index is 767. The minimum Gasteiger partial charge on any atom is -0.147 e. The molecule has 0 spiro atoms. The van der Waals surface area contributed by atoms with Gasteiger partial charge in [0.25, 0.3) is 0 Å². The second-order valence-corrected chi connectivity index (χ2v) is 13.1. The summed E-state index contributed by atoms with van der Waals surface area (Å²) in [6.07, 6.45) is 7.80. The van der Waals surface area contributed by atoms with E-state index < -0.39 is 17.8 Å². The zero-order valence-corrected chi connectivity index (χ0v) is 22.9. The first-order valence-electron chi connectivity index (χ1n) is 8.88. The van der Waals surface area contributed by atoms with E-state index in [0.29, 0.717) is 0 Å². The third kappa shape index (κ3) is 5.23. The number of rotatable bonds is 3. The number of allylic oxidation sites excluding steroid dienone is 4. The summed E-state index contributed by atoms with van der Waals surface area (Å²) in [6, 6.07) is 0. The third-order valence-electron chi connectivity index (χ3n) is 5.03. The summed E-state index contributed by atoms with van der Waals surface area (Å²) in [4.78, 5) is 0. The number of hydrogen-bond donors (Lipinski definition) is 0. The van der Waals surface area contributed by atoms with E-state index in [1.807, 2.05) is 0 Å². The van der Waals surface area contributed by atoms with Crippen LogP contribution in [0, 0.1) is 20.8 Å². The molecule has 0 bridgehead atoms. The SMILES string of the molecule is C[C](C)=[Ti]([O]c1c(C)c(C)c(C)c(C(C)(C)C)c1[SiH3])[C]1=CC=CC1.Cl.Cl. The minimum absolute atomic E-state index is 0. The fourth-order valence-electron chi connectivity index (χ4n) is 3.80. The van der Waals surface area contributed by atoms with Crippen molar-refractivity contribution in [1.82, 2.24) is 0 Å². The Morgan fingerprint density at radius 2 is 1.62 bits per heavy atom. The Morgan fingerprint density at radius 1 is 1.04 bits per heavy atom. The van der Waals surface area contributed by atoms with Crippen LogP contribution in [0.2, 0.25) is 0 Å². The molecule has 0 aromatic heterocycles. The second-order valence-electron chi connectivity index (χ2n) is 8.21. The Hall–Kier alpha value is -0.119. The van der Waals surface area contributed by atoms with Gasteiger partial charge in [-0.1, -0.05) is 0 Å². The zero-order valence-electron chi connectivity index (χ0n) is 17.7. The van der Waals surface area contributed by atoms with Crippen molar-refractivity contribution in [2.45, 2.75) is 67.2 Å². The van der Waals surface area contributed by atoms with Crippen LogP contribution in [-0.2, 0) is 23.2 Å². The Morgan fingerprint density at radius 3 is 2.04 bits per heavy atom. The molecule has 1 aliphatic carbocycles. The molecule has 0 amide bonds. The average molecular weight is 449 g/mol. The summed E-state index contributed by atoms with van der Waals surface area (Å²) in [5, 5.41) is 1.47. The molecule has 0 radical (unpaired) electrons. The molecule has 0 heterocycles. The van der Waals surface area contributed by atoms with Gasteiger partial charge < -0.3 is 0 Å². The molecular formula is C21H34Cl2OSiTi. The van der Waals surface area contributed by atoms with Crippen LogP contribution in [0.4, 0.5) is 0 Å². The third-order valence-corrected chi connectivity index (χ3v) is 9.53. The molecule has 0 N–H and O–H groups in total. The zero-order chi connectivity index (χ0) is 18.2. The van der Waals surface area contributed by atoms with Gasteiger partial charge in [0, 0.05) is 0 Å². The van der Waals surface area contributed by atoms with Crippen LogP contribution in [0.25, 0.3) is 0 Å². The summed E-state index contributed by atoms with van der Waals surface area (Å²) < 4.78 is 9.87. The number of halogens is 2. The maximum atomic E-state index is 6.85. The summed E-state index contributed by atoms with van der Waals surface area (Å²) in [7, 11) is 1.03. The van der Waals surface area contributed by atoms with Crippen LogP contribution in [-0.4, -0.2) is 14.1 Å². The first-order chi connectivity index (χ1) is 11.1. The Balaban J connectivity index is 0.00000312. The van der Waals surface area contributed by atoms with E-state index in [0.717, 1.165) is 16.7 Å². The van der Waals surface area contributed by atoms with Crippen LogP contribution in [0.5, 0.6) is 5.75 Å². The topological polar surface area (TPSA) is 9.23 Å². The molecule has 0 saturated carbocycles. The molecule has 0 aliphatic heterocycles. The van der Waals surface area contributed by atoms with E-state index in [-0.39, 0.29) is 30.2 Å². The quantitative estimate of drug-likeness (QED) is 0.608. The Kier molecular flexibility index (Phi) is 9.84. The minimum atomic E-state index is -1.84. The van der Waals surface area contributed by atoms with Crippen molar-refractivity contribution >= 4 is 44.1 Å². The van der Waals surface area contributed by atoms with Gasteiger partial charge in [-0.25, -0.2) is 0 Å². The van der Waals surface area contributed by atoms with Crippen molar-refractivity contribution in [2.75, 3.05) is 0 Å². The van der Waals surface area contributed by atoms with Gasteiger partial charge in [-0.2, -0.15) is 0 Å². The first kappa shape index (κ1) is 25.9. The van der Waals surface area contributed by atoms with Crippen LogP contribution in [0.1, 0.15) is 63.3 Å². The van der Waals surface area contributed by atoms with Crippen molar-refractivity contribution in [3.63, 3.8) is 0 Å². The summed E-state index contributed by atoms with van der Waals surface area (Å²) in [5.74, 6) is 1.21. The van der Waals surface area contributed by atoms with E-state index in [1.165, 1.54) is 40.9 Å². The van der Waals surface area contributed by atoms with Crippen molar-refractivity contribution in [3.8, 4) is 5.75 Å². The second kappa shape index (κ2) is 9.89. The van der Waals surface area contributed by atoms with E-state index in [4.69, 9.17) is 3.32 Å². The van der Waals surface area contributed by atoms with Gasteiger partial charge in [-0.3, -0.25) is 0 Å². The predicted molar refractivity (Wildman–Crippen MR) is 122 cm³/mol. The maximum Gasteiger partial charge on any atom is -0.147 e. The van der Waals surface area contributed by atoms with Crippen LogP contribution in [0.3, 0.4) is 0 Å². The van der Waals surface area contributed by atoms with E-state index in [2.05, 4.69) is 73.6 Å². The first-order valence-corrected chi connectivity index (χ1v) is 12.1.